The summed E-state index contributed by atoms with van der Waals surface area (Å²) in [7, 11) is 0. The fourth-order valence-electron chi connectivity index (χ4n) is 6.47. The molecule has 0 unspecified atom stereocenters. The number of rotatable bonds is 10. The van der Waals surface area contributed by atoms with E-state index >= 15 is 0 Å². The van der Waals surface area contributed by atoms with Crippen molar-refractivity contribution in [3.8, 4) is 23.0 Å². The smallest absolute Gasteiger partial charge is 0.252 e. The zero-order valence-corrected chi connectivity index (χ0v) is 29.1. The Morgan fingerprint density at radius 2 is 1.60 bits per heavy atom. The first-order chi connectivity index (χ1) is 23.1. The van der Waals surface area contributed by atoms with Crippen LogP contribution in [0.15, 0.2) is 54.1 Å². The summed E-state index contributed by atoms with van der Waals surface area (Å²) in [4.78, 5) is 30.9. The highest BCUT2D eigenvalue weighted by atomic mass is 35.5. The van der Waals surface area contributed by atoms with E-state index in [0.29, 0.717) is 74.7 Å². The maximum absolute atomic E-state index is 14.7. The molecular formula is C35H33Cl4N3O6. The van der Waals surface area contributed by atoms with E-state index < -0.39 is 0 Å². The van der Waals surface area contributed by atoms with Crippen molar-refractivity contribution in [2.24, 2.45) is 0 Å². The Bertz CT molecular complexity index is 1780. The van der Waals surface area contributed by atoms with Crippen LogP contribution in [0.1, 0.15) is 37.3 Å². The summed E-state index contributed by atoms with van der Waals surface area (Å²) in [6.07, 6.45) is 2.44. The summed E-state index contributed by atoms with van der Waals surface area (Å²) in [6.45, 7) is 3.58. The zero-order chi connectivity index (χ0) is 33.5. The highest BCUT2D eigenvalue weighted by molar-refractivity contribution is 6.43. The molecule has 2 amide bonds. The molecule has 2 fully saturated rings. The molecule has 252 valence electrons. The van der Waals surface area contributed by atoms with E-state index in [1.54, 1.807) is 19.1 Å². The quantitative estimate of drug-likeness (QED) is 0.177. The molecule has 7 rings (SSSR count). The second kappa shape index (κ2) is 13.9. The summed E-state index contributed by atoms with van der Waals surface area (Å²) < 4.78 is 22.7. The van der Waals surface area contributed by atoms with Gasteiger partial charge in [-0.15, -0.1) is 0 Å². The average Bonchev–Trinajstić information content (AvgIpc) is 3.81. The number of fused-ring (bicyclic) bond motifs is 3. The Morgan fingerprint density at radius 3 is 2.33 bits per heavy atom. The number of benzene rings is 3. The Kier molecular flexibility index (Phi) is 9.59. The molecule has 2 bridgehead atoms. The molecule has 4 aliphatic rings. The van der Waals surface area contributed by atoms with Crippen molar-refractivity contribution in [3.05, 3.63) is 85.3 Å². The number of nitrogens with one attached hydrogen (secondary N) is 1. The van der Waals surface area contributed by atoms with E-state index in [1.807, 2.05) is 40.1 Å². The molecule has 3 aromatic rings. The highest BCUT2D eigenvalue weighted by Gasteiger charge is 2.43. The molecule has 3 aliphatic heterocycles. The lowest BCUT2D eigenvalue weighted by molar-refractivity contribution is -0.132. The van der Waals surface area contributed by atoms with Gasteiger partial charge in [0.2, 0.25) is 12.7 Å². The molecule has 2 atom stereocenters. The van der Waals surface area contributed by atoms with E-state index in [0.717, 1.165) is 29.5 Å². The molecular weight excluding hydrogens is 700 g/mol. The largest absolute Gasteiger partial charge is 0.490 e. The second-order valence-electron chi connectivity index (χ2n) is 12.3. The first kappa shape index (κ1) is 33.2. The standard InChI is InChI=1S/C35H33Cl4N3O6/c1-19(43)41-16-22-11-25(20-2-6-24(7-3-20)45-8-9-46-31-14-28(38)27(37)12-29(31)39)34(30(17-41)40-22)35(44)42(23-4-5-23)15-21-10-32-33(13-26(21)36)48-18-47-32/h2-3,6-7,10,12-14,22-23,30,40H,4-5,8-9,11,15-18H2,1H3/t22-,30-/m1/s1. The molecule has 48 heavy (non-hydrogen) atoms. The van der Waals surface area contributed by atoms with Crippen LogP contribution in [0.5, 0.6) is 23.0 Å². The van der Waals surface area contributed by atoms with Gasteiger partial charge in [-0.2, -0.15) is 0 Å². The normalized spacial score (nSPS) is 19.7. The maximum Gasteiger partial charge on any atom is 0.252 e. The Hall–Kier alpha value is -3.34. The van der Waals surface area contributed by atoms with Gasteiger partial charge < -0.3 is 34.1 Å². The van der Waals surface area contributed by atoms with E-state index in [2.05, 4.69) is 5.32 Å². The van der Waals surface area contributed by atoms with Gasteiger partial charge in [0.25, 0.3) is 5.91 Å². The van der Waals surface area contributed by atoms with E-state index in [9.17, 15) is 9.59 Å². The molecule has 1 aliphatic carbocycles. The van der Waals surface area contributed by atoms with Gasteiger partial charge in [0, 0.05) is 61.4 Å². The van der Waals surface area contributed by atoms with Crippen molar-refractivity contribution in [1.82, 2.24) is 15.1 Å². The summed E-state index contributed by atoms with van der Waals surface area (Å²) in [6, 6.07) is 14.3. The maximum atomic E-state index is 14.7. The predicted octanol–water partition coefficient (Wildman–Crippen LogP) is 7.02. The van der Waals surface area contributed by atoms with Crippen LogP contribution in [-0.4, -0.2) is 72.8 Å². The third-order valence-corrected chi connectivity index (χ3v) is 10.4. The van der Waals surface area contributed by atoms with Gasteiger partial charge in [-0.05, 0) is 60.2 Å². The van der Waals surface area contributed by atoms with Gasteiger partial charge in [-0.1, -0.05) is 58.5 Å². The first-order valence-electron chi connectivity index (χ1n) is 15.8. The van der Waals surface area contributed by atoms with Crippen molar-refractivity contribution in [2.75, 3.05) is 33.1 Å². The zero-order valence-electron chi connectivity index (χ0n) is 26.1. The number of amides is 2. The first-order valence-corrected chi connectivity index (χ1v) is 17.3. The van der Waals surface area contributed by atoms with Crippen LogP contribution in [-0.2, 0) is 16.1 Å². The molecule has 13 heteroatoms. The van der Waals surface area contributed by atoms with Crippen LogP contribution in [0.2, 0.25) is 20.1 Å². The molecule has 1 saturated carbocycles. The summed E-state index contributed by atoms with van der Waals surface area (Å²) >= 11 is 25.0. The summed E-state index contributed by atoms with van der Waals surface area (Å²) in [5.41, 5.74) is 3.39. The molecule has 9 nitrogen and oxygen atoms in total. The van der Waals surface area contributed by atoms with Crippen molar-refractivity contribution in [3.63, 3.8) is 0 Å². The number of piperazine rings is 1. The lowest BCUT2D eigenvalue weighted by Gasteiger charge is -2.44. The third-order valence-electron chi connectivity index (χ3n) is 9.00. The highest BCUT2D eigenvalue weighted by Crippen LogP contribution is 2.41. The van der Waals surface area contributed by atoms with Crippen LogP contribution in [0.25, 0.3) is 5.57 Å². The predicted molar refractivity (Wildman–Crippen MR) is 185 cm³/mol. The number of hydrogen-bond acceptors (Lipinski definition) is 7. The Morgan fingerprint density at radius 1 is 0.896 bits per heavy atom. The molecule has 0 radical (unpaired) electrons. The van der Waals surface area contributed by atoms with Gasteiger partial charge >= 0.3 is 0 Å². The number of halogens is 4. The van der Waals surface area contributed by atoms with Crippen molar-refractivity contribution in [1.29, 1.82) is 0 Å². The van der Waals surface area contributed by atoms with Crippen LogP contribution >= 0.6 is 46.4 Å². The number of ether oxygens (including phenoxy) is 4. The minimum absolute atomic E-state index is 0.000137. The number of carbonyl (C=O) groups is 2. The third kappa shape index (κ3) is 7.03. The van der Waals surface area contributed by atoms with Gasteiger partial charge in [0.05, 0.1) is 21.1 Å². The monoisotopic (exact) mass is 731 g/mol. The topological polar surface area (TPSA) is 89.6 Å². The fourth-order valence-corrected chi connectivity index (χ4v) is 7.28. The Labute approximate surface area is 298 Å². The second-order valence-corrected chi connectivity index (χ2v) is 13.9. The fraction of sp³-hybridized carbons (Fsp3) is 0.371. The molecule has 3 heterocycles. The van der Waals surface area contributed by atoms with Gasteiger partial charge in [-0.3, -0.25) is 9.59 Å². The number of nitrogens with zero attached hydrogens (tertiary/aromatic N) is 2. The summed E-state index contributed by atoms with van der Waals surface area (Å²) in [5, 5.41) is 5.23. The van der Waals surface area contributed by atoms with E-state index in [4.69, 9.17) is 65.4 Å². The van der Waals surface area contributed by atoms with Crippen LogP contribution in [0.3, 0.4) is 0 Å². The molecule has 0 spiro atoms. The minimum atomic E-state index is -0.307. The SMILES string of the molecule is CC(=O)N1C[C@H]2CC(c3ccc(OCCOc4cc(Cl)c(Cl)cc4Cl)cc3)=C(C(=O)N(Cc3cc4c(cc3Cl)OCO4)C3CC3)[C@@H](C1)N2. The minimum Gasteiger partial charge on any atom is -0.490 e. The average molecular weight is 733 g/mol. The van der Waals surface area contributed by atoms with Crippen molar-refractivity contribution >= 4 is 63.8 Å². The molecule has 1 saturated heterocycles. The lowest BCUT2D eigenvalue weighted by atomic mass is 9.82. The molecule has 0 aromatic heterocycles. The molecule has 3 aromatic carbocycles. The lowest BCUT2D eigenvalue weighted by Crippen LogP contribution is -2.61. The van der Waals surface area contributed by atoms with Gasteiger partial charge in [-0.25, -0.2) is 0 Å². The van der Waals surface area contributed by atoms with Crippen LogP contribution in [0, 0.1) is 0 Å². The van der Waals surface area contributed by atoms with Crippen molar-refractivity contribution in [2.45, 2.75) is 50.9 Å². The van der Waals surface area contributed by atoms with Crippen LogP contribution < -0.4 is 24.3 Å². The van der Waals surface area contributed by atoms with Gasteiger partial charge in [0.1, 0.15) is 24.7 Å². The van der Waals surface area contributed by atoms with Crippen LogP contribution in [0.4, 0.5) is 0 Å². The van der Waals surface area contributed by atoms with E-state index in [-0.39, 0.29) is 49.9 Å². The Balaban J connectivity index is 1.12. The van der Waals surface area contributed by atoms with Gasteiger partial charge in [0.15, 0.2) is 11.5 Å². The molecule has 1 N–H and O–H groups in total. The number of hydrogen-bond donors (Lipinski definition) is 1. The van der Waals surface area contributed by atoms with Crippen molar-refractivity contribution < 1.29 is 28.5 Å². The van der Waals surface area contributed by atoms with E-state index in [1.165, 1.54) is 6.07 Å². The summed E-state index contributed by atoms with van der Waals surface area (Å²) in [5.74, 6) is 2.25. The number of carbonyl (C=O) groups excluding carboxylic acids is 2.